The van der Waals surface area contributed by atoms with Gasteiger partial charge in [0.1, 0.15) is 5.78 Å². The Labute approximate surface area is 108 Å². The van der Waals surface area contributed by atoms with Crippen LogP contribution in [0.5, 0.6) is 0 Å². The van der Waals surface area contributed by atoms with Crippen molar-refractivity contribution in [1.82, 2.24) is 4.90 Å². The number of carbonyl (C=O) groups excluding carboxylic acids is 1. The van der Waals surface area contributed by atoms with Crippen molar-refractivity contribution in [2.24, 2.45) is 5.92 Å². The van der Waals surface area contributed by atoms with Crippen molar-refractivity contribution >= 4 is 5.78 Å². The summed E-state index contributed by atoms with van der Waals surface area (Å²) in [5, 5.41) is 8.53. The van der Waals surface area contributed by atoms with E-state index < -0.39 is 0 Å². The summed E-state index contributed by atoms with van der Waals surface area (Å²) in [6.07, 6.45) is 1.87. The standard InChI is InChI=1S/C15H18N2O/c16-9-6-15(18)14-7-10-17(11-8-14)12-13-4-2-1-3-5-13/h1-5,14H,6-8,10-12H2. The molecule has 0 N–H and O–H groups in total. The average molecular weight is 242 g/mol. The van der Waals surface area contributed by atoms with Crippen LogP contribution in [0.2, 0.25) is 0 Å². The molecule has 0 radical (unpaired) electrons. The summed E-state index contributed by atoms with van der Waals surface area (Å²) in [6, 6.07) is 12.3. The fraction of sp³-hybridized carbons (Fsp3) is 0.467. The fourth-order valence-electron chi connectivity index (χ4n) is 2.48. The molecule has 18 heavy (non-hydrogen) atoms. The summed E-state index contributed by atoms with van der Waals surface area (Å²) in [4.78, 5) is 14.0. The van der Waals surface area contributed by atoms with Crippen LogP contribution in [-0.2, 0) is 11.3 Å². The highest BCUT2D eigenvalue weighted by atomic mass is 16.1. The molecule has 1 aliphatic rings. The van der Waals surface area contributed by atoms with E-state index in [1.54, 1.807) is 0 Å². The van der Waals surface area contributed by atoms with Crippen molar-refractivity contribution < 1.29 is 4.79 Å². The van der Waals surface area contributed by atoms with Gasteiger partial charge in [-0.1, -0.05) is 30.3 Å². The number of nitrogens with zero attached hydrogens (tertiary/aromatic N) is 2. The molecular weight excluding hydrogens is 224 g/mol. The number of benzene rings is 1. The number of ketones is 1. The lowest BCUT2D eigenvalue weighted by Gasteiger charge is -2.30. The molecule has 1 aromatic rings. The third kappa shape index (κ3) is 3.41. The monoisotopic (exact) mass is 242 g/mol. The maximum absolute atomic E-state index is 11.6. The lowest BCUT2D eigenvalue weighted by Crippen LogP contribution is -2.35. The van der Waals surface area contributed by atoms with Gasteiger partial charge in [-0.15, -0.1) is 0 Å². The Morgan fingerprint density at radius 1 is 1.28 bits per heavy atom. The molecule has 0 amide bonds. The highest BCUT2D eigenvalue weighted by molar-refractivity contribution is 5.82. The third-order valence-corrected chi connectivity index (χ3v) is 3.55. The van der Waals surface area contributed by atoms with Crippen LogP contribution in [0, 0.1) is 17.2 Å². The van der Waals surface area contributed by atoms with Crippen molar-refractivity contribution in [2.45, 2.75) is 25.8 Å². The topological polar surface area (TPSA) is 44.1 Å². The van der Waals surface area contributed by atoms with Gasteiger partial charge in [-0.25, -0.2) is 0 Å². The van der Waals surface area contributed by atoms with Crippen LogP contribution in [0.25, 0.3) is 0 Å². The molecule has 0 aromatic heterocycles. The van der Waals surface area contributed by atoms with Crippen molar-refractivity contribution in [3.63, 3.8) is 0 Å². The Morgan fingerprint density at radius 3 is 2.56 bits per heavy atom. The number of Topliss-reactive ketones (excluding diaryl/α,β-unsaturated/α-hetero) is 1. The van der Waals surface area contributed by atoms with E-state index in [9.17, 15) is 4.79 Å². The van der Waals surface area contributed by atoms with Gasteiger partial charge in [-0.05, 0) is 31.5 Å². The Hall–Kier alpha value is -1.66. The summed E-state index contributed by atoms with van der Waals surface area (Å²) in [6.45, 7) is 2.87. The van der Waals surface area contributed by atoms with Gasteiger partial charge >= 0.3 is 0 Å². The molecule has 0 bridgehead atoms. The largest absolute Gasteiger partial charge is 0.299 e. The molecule has 2 rings (SSSR count). The van der Waals surface area contributed by atoms with E-state index in [0.717, 1.165) is 32.5 Å². The lowest BCUT2D eigenvalue weighted by molar-refractivity contribution is -0.123. The fourth-order valence-corrected chi connectivity index (χ4v) is 2.48. The molecule has 0 unspecified atom stereocenters. The van der Waals surface area contributed by atoms with Crippen molar-refractivity contribution in [3.05, 3.63) is 35.9 Å². The molecule has 0 atom stereocenters. The van der Waals surface area contributed by atoms with E-state index in [0.29, 0.717) is 0 Å². The minimum atomic E-state index is 0.0728. The second-order valence-corrected chi connectivity index (χ2v) is 4.84. The minimum Gasteiger partial charge on any atom is -0.299 e. The predicted octanol–water partition coefficient (Wildman–Crippen LogP) is 2.38. The number of nitriles is 1. The van der Waals surface area contributed by atoms with Crippen molar-refractivity contribution in [1.29, 1.82) is 5.26 Å². The van der Waals surface area contributed by atoms with Gasteiger partial charge in [0.05, 0.1) is 12.5 Å². The lowest BCUT2D eigenvalue weighted by atomic mass is 9.91. The first-order valence-electron chi connectivity index (χ1n) is 6.45. The molecule has 1 aliphatic heterocycles. The second-order valence-electron chi connectivity index (χ2n) is 4.84. The Balaban J connectivity index is 1.81. The SMILES string of the molecule is N#CCC(=O)C1CCN(Cc2ccccc2)CC1. The molecule has 3 heteroatoms. The predicted molar refractivity (Wildman–Crippen MR) is 69.7 cm³/mol. The van der Waals surface area contributed by atoms with Gasteiger partial charge in [0.15, 0.2) is 0 Å². The van der Waals surface area contributed by atoms with Gasteiger partial charge in [0, 0.05) is 12.5 Å². The Bertz CT molecular complexity index is 428. The first kappa shape index (κ1) is 12.8. The highest BCUT2D eigenvalue weighted by Crippen LogP contribution is 2.20. The van der Waals surface area contributed by atoms with Gasteiger partial charge in [-0.2, -0.15) is 5.26 Å². The van der Waals surface area contributed by atoms with Gasteiger partial charge in [-0.3, -0.25) is 9.69 Å². The number of carbonyl (C=O) groups is 1. The maximum Gasteiger partial charge on any atom is 0.150 e. The molecule has 0 aliphatic carbocycles. The zero-order chi connectivity index (χ0) is 12.8. The zero-order valence-corrected chi connectivity index (χ0v) is 10.5. The van der Waals surface area contributed by atoms with Crippen molar-refractivity contribution in [3.8, 4) is 6.07 Å². The van der Waals surface area contributed by atoms with Crippen LogP contribution in [0.3, 0.4) is 0 Å². The van der Waals surface area contributed by atoms with Crippen LogP contribution in [0.1, 0.15) is 24.8 Å². The highest BCUT2D eigenvalue weighted by Gasteiger charge is 2.24. The van der Waals surface area contributed by atoms with Gasteiger partial charge in [0.2, 0.25) is 0 Å². The van der Waals surface area contributed by atoms with E-state index in [4.69, 9.17) is 5.26 Å². The van der Waals surface area contributed by atoms with Crippen LogP contribution >= 0.6 is 0 Å². The van der Waals surface area contributed by atoms with Gasteiger partial charge in [0.25, 0.3) is 0 Å². The molecule has 0 saturated carbocycles. The summed E-state index contributed by atoms with van der Waals surface area (Å²) in [7, 11) is 0. The van der Waals surface area contributed by atoms with Crippen LogP contribution in [0.4, 0.5) is 0 Å². The second kappa shape index (κ2) is 6.32. The van der Waals surface area contributed by atoms with Crippen LogP contribution in [-0.4, -0.2) is 23.8 Å². The molecule has 1 fully saturated rings. The molecular formula is C15H18N2O. The zero-order valence-electron chi connectivity index (χ0n) is 10.5. The molecule has 1 aromatic carbocycles. The molecule has 1 saturated heterocycles. The third-order valence-electron chi connectivity index (χ3n) is 3.55. The van der Waals surface area contributed by atoms with Crippen LogP contribution in [0.15, 0.2) is 30.3 Å². The molecule has 3 nitrogen and oxygen atoms in total. The van der Waals surface area contributed by atoms with Gasteiger partial charge < -0.3 is 0 Å². The minimum absolute atomic E-state index is 0.0728. The number of likely N-dealkylation sites (tertiary alicyclic amines) is 1. The number of rotatable bonds is 4. The smallest absolute Gasteiger partial charge is 0.150 e. The van der Waals surface area contributed by atoms with E-state index in [1.165, 1.54) is 5.56 Å². The first-order valence-corrected chi connectivity index (χ1v) is 6.45. The summed E-state index contributed by atoms with van der Waals surface area (Å²) < 4.78 is 0. The van der Waals surface area contributed by atoms with E-state index in [1.807, 2.05) is 12.1 Å². The first-order chi connectivity index (χ1) is 8.79. The summed E-state index contributed by atoms with van der Waals surface area (Å²) in [5.41, 5.74) is 1.32. The molecule has 94 valence electrons. The van der Waals surface area contributed by atoms with E-state index >= 15 is 0 Å². The number of hydrogen-bond acceptors (Lipinski definition) is 3. The average Bonchev–Trinajstić information content (AvgIpc) is 2.41. The number of hydrogen-bond donors (Lipinski definition) is 0. The molecule has 1 heterocycles. The summed E-state index contributed by atoms with van der Waals surface area (Å²) >= 11 is 0. The number of piperidine rings is 1. The quantitative estimate of drug-likeness (QED) is 0.814. The Morgan fingerprint density at radius 2 is 1.94 bits per heavy atom. The normalized spacial score (nSPS) is 17.3. The van der Waals surface area contributed by atoms with E-state index in [2.05, 4.69) is 29.2 Å². The van der Waals surface area contributed by atoms with E-state index in [-0.39, 0.29) is 18.1 Å². The maximum atomic E-state index is 11.6. The van der Waals surface area contributed by atoms with Crippen molar-refractivity contribution in [2.75, 3.05) is 13.1 Å². The molecule has 0 spiro atoms. The summed E-state index contributed by atoms with van der Waals surface area (Å²) in [5.74, 6) is 0.230. The Kier molecular flexibility index (Phi) is 4.49. The van der Waals surface area contributed by atoms with Crippen LogP contribution < -0.4 is 0 Å².